The number of rotatable bonds is 4. The molecular formula is C9H6F3NO4. The molecule has 0 saturated carbocycles. The minimum atomic E-state index is -3.39. The van der Waals surface area contributed by atoms with Crippen LogP contribution >= 0.6 is 0 Å². The fraction of sp³-hybridized carbons (Fsp3) is 0.222. The first-order valence-corrected chi connectivity index (χ1v) is 4.27. The van der Waals surface area contributed by atoms with E-state index in [4.69, 9.17) is 0 Å². The second kappa shape index (κ2) is 4.81. The van der Waals surface area contributed by atoms with Crippen molar-refractivity contribution in [1.29, 1.82) is 0 Å². The largest absolute Gasteiger partial charge is 0.427 e. The average Bonchev–Trinajstić information content (AvgIpc) is 2.15. The summed E-state index contributed by atoms with van der Waals surface area (Å²) in [5, 5.41) is 10.5. The molecule has 0 spiro atoms. The Labute approximate surface area is 93.0 Å². The molecular weight excluding hydrogens is 243 g/mol. The lowest BCUT2D eigenvalue weighted by Crippen LogP contribution is -2.10. The fourth-order valence-corrected chi connectivity index (χ4v) is 1.20. The highest BCUT2D eigenvalue weighted by Gasteiger charge is 2.28. The van der Waals surface area contributed by atoms with E-state index in [1.54, 1.807) is 0 Å². The van der Waals surface area contributed by atoms with Crippen LogP contribution in [0.4, 0.5) is 18.9 Å². The second-order valence-corrected chi connectivity index (χ2v) is 2.96. The quantitative estimate of drug-likeness (QED) is 0.467. The van der Waals surface area contributed by atoms with Crippen molar-refractivity contribution in [2.75, 3.05) is 0 Å². The van der Waals surface area contributed by atoms with Crippen LogP contribution in [0.5, 0.6) is 5.75 Å². The molecule has 0 aliphatic heterocycles. The highest BCUT2D eigenvalue weighted by molar-refractivity contribution is 5.98. The molecule has 8 heteroatoms. The first kappa shape index (κ1) is 12.9. The molecule has 0 aromatic heterocycles. The topological polar surface area (TPSA) is 69.4 Å². The lowest BCUT2D eigenvalue weighted by Gasteiger charge is -2.09. The first-order valence-electron chi connectivity index (χ1n) is 4.27. The number of hydrogen-bond acceptors (Lipinski definition) is 4. The minimum absolute atomic E-state index is 0.474. The van der Waals surface area contributed by atoms with Gasteiger partial charge in [-0.05, 0) is 19.1 Å². The predicted molar refractivity (Wildman–Crippen MR) is 49.7 cm³/mol. The van der Waals surface area contributed by atoms with Gasteiger partial charge in [-0.2, -0.15) is 13.2 Å². The van der Waals surface area contributed by atoms with E-state index < -0.39 is 40.1 Å². The van der Waals surface area contributed by atoms with E-state index in [0.29, 0.717) is 6.07 Å². The molecule has 0 amide bonds. The lowest BCUT2D eigenvalue weighted by molar-refractivity contribution is -0.389. The molecule has 17 heavy (non-hydrogen) atoms. The van der Waals surface area contributed by atoms with Crippen molar-refractivity contribution in [1.82, 2.24) is 0 Å². The number of ether oxygens (including phenoxy) is 1. The van der Waals surface area contributed by atoms with E-state index in [1.807, 2.05) is 0 Å². The van der Waals surface area contributed by atoms with Crippen LogP contribution in [0.3, 0.4) is 0 Å². The molecule has 0 aliphatic carbocycles. The Hall–Kier alpha value is -2.12. The number of nitro groups is 1. The molecule has 0 N–H and O–H groups in total. The maximum absolute atomic E-state index is 13.1. The van der Waals surface area contributed by atoms with E-state index in [9.17, 15) is 28.1 Å². The van der Waals surface area contributed by atoms with E-state index in [0.717, 1.165) is 13.0 Å². The third kappa shape index (κ3) is 2.71. The minimum Gasteiger partial charge on any atom is -0.427 e. The summed E-state index contributed by atoms with van der Waals surface area (Å²) >= 11 is 0. The molecule has 1 rings (SSSR count). The van der Waals surface area contributed by atoms with Gasteiger partial charge < -0.3 is 4.74 Å². The van der Waals surface area contributed by atoms with Gasteiger partial charge in [-0.15, -0.1) is 0 Å². The summed E-state index contributed by atoms with van der Waals surface area (Å²) in [4.78, 5) is 20.4. The average molecular weight is 249 g/mol. The van der Waals surface area contributed by atoms with Crippen molar-refractivity contribution < 1.29 is 27.6 Å². The summed E-state index contributed by atoms with van der Waals surface area (Å²) < 4.78 is 41.1. The van der Waals surface area contributed by atoms with Crippen molar-refractivity contribution >= 4 is 11.5 Å². The number of nitro benzene ring substituents is 1. The second-order valence-electron chi connectivity index (χ2n) is 2.96. The molecule has 0 atom stereocenters. The molecule has 0 unspecified atom stereocenters. The zero-order valence-corrected chi connectivity index (χ0v) is 8.45. The number of halogens is 3. The third-order valence-electron chi connectivity index (χ3n) is 1.85. The molecule has 1 aromatic carbocycles. The van der Waals surface area contributed by atoms with E-state index in [-0.39, 0.29) is 0 Å². The van der Waals surface area contributed by atoms with Gasteiger partial charge in [0, 0.05) is 0 Å². The van der Waals surface area contributed by atoms with Gasteiger partial charge in [0.25, 0.3) is 0 Å². The molecule has 0 bridgehead atoms. The van der Waals surface area contributed by atoms with Crippen molar-refractivity contribution in [3.05, 3.63) is 33.6 Å². The van der Waals surface area contributed by atoms with E-state index in [2.05, 4.69) is 4.74 Å². The number of benzene rings is 1. The molecule has 0 radical (unpaired) electrons. The van der Waals surface area contributed by atoms with Gasteiger partial charge in [-0.1, -0.05) is 0 Å². The highest BCUT2D eigenvalue weighted by atomic mass is 19.3. The SMILES string of the molecule is CC(=O)c1ccc(F)c([N+](=O)[O-])c1OC(F)F. The Morgan fingerprint density at radius 1 is 1.47 bits per heavy atom. The maximum Gasteiger partial charge on any atom is 0.387 e. The van der Waals surface area contributed by atoms with Gasteiger partial charge in [-0.25, -0.2) is 0 Å². The summed E-state index contributed by atoms with van der Waals surface area (Å²) in [6.45, 7) is -2.40. The normalized spacial score (nSPS) is 10.4. The van der Waals surface area contributed by atoms with E-state index >= 15 is 0 Å². The van der Waals surface area contributed by atoms with Crippen LogP contribution in [0.15, 0.2) is 12.1 Å². The van der Waals surface area contributed by atoms with Gasteiger partial charge in [0.1, 0.15) is 0 Å². The zero-order valence-electron chi connectivity index (χ0n) is 8.45. The Morgan fingerprint density at radius 2 is 2.06 bits per heavy atom. The maximum atomic E-state index is 13.1. The molecule has 92 valence electrons. The van der Waals surface area contributed by atoms with Gasteiger partial charge in [0.2, 0.25) is 11.6 Å². The Morgan fingerprint density at radius 3 is 2.47 bits per heavy atom. The molecule has 0 saturated heterocycles. The summed E-state index contributed by atoms with van der Waals surface area (Å²) in [6, 6.07) is 1.50. The van der Waals surface area contributed by atoms with Crippen molar-refractivity contribution in [3.8, 4) is 5.75 Å². The number of Topliss-reactive ketones (excluding diaryl/α,β-unsaturated/α-hetero) is 1. The van der Waals surface area contributed by atoms with Crippen LogP contribution < -0.4 is 4.74 Å². The van der Waals surface area contributed by atoms with Crippen LogP contribution in [0.1, 0.15) is 17.3 Å². The summed E-state index contributed by atoms with van der Waals surface area (Å²) in [5.74, 6) is -3.16. The van der Waals surface area contributed by atoms with Crippen LogP contribution in [0.25, 0.3) is 0 Å². The zero-order chi connectivity index (χ0) is 13.2. The number of alkyl halides is 2. The molecule has 5 nitrogen and oxygen atoms in total. The molecule has 0 fully saturated rings. The molecule has 0 aliphatic rings. The predicted octanol–water partition coefficient (Wildman–Crippen LogP) is 2.54. The van der Waals surface area contributed by atoms with Crippen molar-refractivity contribution in [3.63, 3.8) is 0 Å². The number of ketones is 1. The van der Waals surface area contributed by atoms with Crippen LogP contribution in [-0.4, -0.2) is 17.3 Å². The highest BCUT2D eigenvalue weighted by Crippen LogP contribution is 2.35. The number of carbonyl (C=O) groups excluding carboxylic acids is 1. The van der Waals surface area contributed by atoms with Gasteiger partial charge in [-0.3, -0.25) is 14.9 Å². The van der Waals surface area contributed by atoms with Crippen LogP contribution in [0, 0.1) is 15.9 Å². The van der Waals surface area contributed by atoms with Crippen LogP contribution in [-0.2, 0) is 0 Å². The van der Waals surface area contributed by atoms with Crippen LogP contribution in [0.2, 0.25) is 0 Å². The van der Waals surface area contributed by atoms with Crippen molar-refractivity contribution in [2.45, 2.75) is 13.5 Å². The van der Waals surface area contributed by atoms with E-state index in [1.165, 1.54) is 0 Å². The fourth-order valence-electron chi connectivity index (χ4n) is 1.20. The summed E-state index contributed by atoms with van der Waals surface area (Å²) in [7, 11) is 0. The van der Waals surface area contributed by atoms with Crippen molar-refractivity contribution in [2.24, 2.45) is 0 Å². The van der Waals surface area contributed by atoms with Gasteiger partial charge in [0.15, 0.2) is 5.78 Å². The number of hydrogen-bond donors (Lipinski definition) is 0. The van der Waals surface area contributed by atoms with Gasteiger partial charge in [0.05, 0.1) is 10.5 Å². The Balaban J connectivity index is 3.49. The number of nitrogens with zero attached hydrogens (tertiary/aromatic N) is 1. The molecule has 0 heterocycles. The summed E-state index contributed by atoms with van der Waals surface area (Å²) in [5.41, 5.74) is -1.75. The van der Waals surface area contributed by atoms with Gasteiger partial charge >= 0.3 is 12.3 Å². The molecule has 1 aromatic rings. The smallest absolute Gasteiger partial charge is 0.387 e. The summed E-state index contributed by atoms with van der Waals surface area (Å²) in [6.07, 6.45) is 0. The first-order chi connectivity index (χ1) is 7.84. The third-order valence-corrected chi connectivity index (χ3v) is 1.85. The number of carbonyl (C=O) groups is 1. The standard InChI is InChI=1S/C9H6F3NO4/c1-4(14)5-2-3-6(10)7(13(15)16)8(5)17-9(11)12/h2-3,9H,1H3. The lowest BCUT2D eigenvalue weighted by atomic mass is 10.1. The Bertz CT molecular complexity index is 476. The Kier molecular flexibility index (Phi) is 3.66. The monoisotopic (exact) mass is 249 g/mol.